The Labute approximate surface area is 360 Å². The molecule has 0 aromatic heterocycles. The molecule has 3 heterocycles. The summed E-state index contributed by atoms with van der Waals surface area (Å²) in [6, 6.07) is -1.18. The molecule has 17 heteroatoms. The van der Waals surface area contributed by atoms with E-state index in [1.54, 1.807) is 11.8 Å². The molecule has 0 bridgehead atoms. The number of carbonyl (C=O) groups is 4. The molecule has 3 amide bonds. The van der Waals surface area contributed by atoms with Crippen LogP contribution >= 0.6 is 0 Å². The van der Waals surface area contributed by atoms with Gasteiger partial charge in [-0.1, -0.05) is 65.2 Å². The third kappa shape index (κ3) is 13.4. The van der Waals surface area contributed by atoms with Gasteiger partial charge >= 0.3 is 0 Å². The predicted octanol–water partition coefficient (Wildman–Crippen LogP) is 1.61. The van der Waals surface area contributed by atoms with Crippen LogP contribution in [0.4, 0.5) is 0 Å². The first kappa shape index (κ1) is 49.7. The van der Waals surface area contributed by atoms with Crippen molar-refractivity contribution in [3.8, 4) is 0 Å². The van der Waals surface area contributed by atoms with Crippen LogP contribution in [0.5, 0.6) is 0 Å². The number of ether oxygens (including phenoxy) is 5. The molecule has 6 unspecified atom stereocenters. The number of unbranched alkanes of at least 4 members (excludes halogenated alkanes) is 2. The van der Waals surface area contributed by atoms with Crippen LogP contribution in [0.1, 0.15) is 130 Å². The highest BCUT2D eigenvalue weighted by molar-refractivity contribution is 5.82. The zero-order chi connectivity index (χ0) is 44.2. The van der Waals surface area contributed by atoms with E-state index in [4.69, 9.17) is 23.7 Å². The van der Waals surface area contributed by atoms with E-state index in [1.807, 2.05) is 6.92 Å². The van der Waals surface area contributed by atoms with E-state index in [0.717, 1.165) is 57.8 Å². The van der Waals surface area contributed by atoms with Crippen LogP contribution in [0.2, 0.25) is 0 Å². The molecule has 0 spiro atoms. The van der Waals surface area contributed by atoms with Crippen molar-refractivity contribution in [1.82, 2.24) is 15.5 Å². The third-order valence-corrected chi connectivity index (χ3v) is 13.5. The molecule has 3 aliphatic heterocycles. The van der Waals surface area contributed by atoms with Crippen molar-refractivity contribution in [2.75, 3.05) is 26.2 Å². The Hall–Kier alpha value is -2.32. The second-order valence-corrected chi connectivity index (χ2v) is 18.1. The zero-order valence-electron chi connectivity index (χ0n) is 36.7. The van der Waals surface area contributed by atoms with Gasteiger partial charge in [-0.2, -0.15) is 0 Å². The first-order chi connectivity index (χ1) is 29.3. The molecule has 2 aliphatic carbocycles. The van der Waals surface area contributed by atoms with Crippen molar-refractivity contribution in [3.05, 3.63) is 0 Å². The van der Waals surface area contributed by atoms with Gasteiger partial charge in [-0.3, -0.25) is 19.2 Å². The summed E-state index contributed by atoms with van der Waals surface area (Å²) in [4.78, 5) is 54.8. The average molecular weight is 870 g/mol. The summed E-state index contributed by atoms with van der Waals surface area (Å²) in [5, 5.41) is 60.0. The van der Waals surface area contributed by atoms with E-state index >= 15 is 0 Å². The number of hydrogen-bond acceptors (Lipinski definition) is 14. The van der Waals surface area contributed by atoms with Gasteiger partial charge in [0.25, 0.3) is 5.91 Å². The van der Waals surface area contributed by atoms with Crippen LogP contribution in [0.25, 0.3) is 0 Å². The van der Waals surface area contributed by atoms with Gasteiger partial charge in [-0.25, -0.2) is 0 Å². The number of carbonyl (C=O) groups excluding carboxylic acids is 4. The first-order valence-corrected chi connectivity index (χ1v) is 23.2. The fourth-order valence-corrected chi connectivity index (χ4v) is 9.68. The standard InChI is InChI=1S/C44H75N3O14/c1-5-7-9-17-34(51)45-18-12-16-30(50)29-22-28(6-2)40(61-44-39(55)38(54)36(52)25(3)57-44)31(23-29)59-43-35(46-26(4)49)41(37(53)33(24-48)60-43)58-32(42(56)47-19-13-20-47)21-27-14-10-8-11-15-27/h25,27-29,31-33,35-41,43-44,48,52-55H,5-24H2,1-4H3,(H,45,51)(H,46,49)/t25?,28-,29?,31-,32+,33+,35?,36-,37+,38+,39?,40?,41?,43-,44+/m1/s1. The second-order valence-electron chi connectivity index (χ2n) is 18.1. The lowest BCUT2D eigenvalue weighted by Gasteiger charge is -2.49. The van der Waals surface area contributed by atoms with Crippen molar-refractivity contribution >= 4 is 23.5 Å². The number of Topliss-reactive ketones (excluding diaryl/α,β-unsaturated/α-hetero) is 1. The van der Waals surface area contributed by atoms with E-state index in [1.165, 1.54) is 6.92 Å². The van der Waals surface area contributed by atoms with Crippen molar-refractivity contribution in [1.29, 1.82) is 0 Å². The summed E-state index contributed by atoms with van der Waals surface area (Å²) in [5.41, 5.74) is 0. The molecule has 5 rings (SSSR count). The van der Waals surface area contributed by atoms with Crippen molar-refractivity contribution < 1.29 is 68.4 Å². The number of rotatable bonds is 21. The predicted molar refractivity (Wildman–Crippen MR) is 220 cm³/mol. The lowest BCUT2D eigenvalue weighted by molar-refractivity contribution is -0.338. The number of nitrogens with zero attached hydrogens (tertiary/aromatic N) is 1. The van der Waals surface area contributed by atoms with Crippen LogP contribution in [0.15, 0.2) is 0 Å². The molecule has 350 valence electrons. The molecule has 0 aromatic rings. The first-order valence-electron chi connectivity index (χ1n) is 23.2. The fraction of sp³-hybridized carbons (Fsp3) is 0.909. The monoisotopic (exact) mass is 870 g/mol. The minimum atomic E-state index is -1.62. The fourth-order valence-electron chi connectivity index (χ4n) is 9.68. The maximum atomic E-state index is 13.9. The lowest BCUT2D eigenvalue weighted by atomic mass is 9.74. The Morgan fingerprint density at radius 3 is 2.20 bits per heavy atom. The SMILES string of the molecule is CCCCCC(=O)NCCCC(=O)C1C[C@@H](CC)C(O[C@@H]2OC(C)[C@@H](O)[C@H](O)C2O)[C@H](O[C@@H]2O[C@@H](CO)[C@H](O)C(O[C@@H](CC3CCCCC3)C(=O)N3CCC3)C2NC(C)=O)C1. The molecule has 17 nitrogen and oxygen atoms in total. The molecule has 5 aliphatic rings. The summed E-state index contributed by atoms with van der Waals surface area (Å²) in [5.74, 6) is -1.37. The minimum Gasteiger partial charge on any atom is -0.394 e. The van der Waals surface area contributed by atoms with Crippen molar-refractivity contribution in [2.45, 2.75) is 210 Å². The van der Waals surface area contributed by atoms with Gasteiger partial charge < -0.3 is 64.8 Å². The Bertz CT molecular complexity index is 1400. The summed E-state index contributed by atoms with van der Waals surface area (Å²) in [6.45, 7) is 7.77. The highest BCUT2D eigenvalue weighted by Gasteiger charge is 2.53. The number of hydrogen-bond donors (Lipinski definition) is 7. The summed E-state index contributed by atoms with van der Waals surface area (Å²) >= 11 is 0. The number of likely N-dealkylation sites (tertiary alicyclic amines) is 1. The van der Waals surface area contributed by atoms with E-state index in [-0.39, 0.29) is 42.3 Å². The Morgan fingerprint density at radius 1 is 0.820 bits per heavy atom. The molecule has 3 saturated heterocycles. The Balaban J connectivity index is 1.41. The lowest BCUT2D eigenvalue weighted by Crippen LogP contribution is -2.67. The van der Waals surface area contributed by atoms with Gasteiger partial charge in [0.05, 0.1) is 24.9 Å². The zero-order valence-corrected chi connectivity index (χ0v) is 36.7. The van der Waals surface area contributed by atoms with Gasteiger partial charge in [-0.15, -0.1) is 0 Å². The summed E-state index contributed by atoms with van der Waals surface area (Å²) in [7, 11) is 0. The normalized spacial score (nSPS) is 36.4. The van der Waals surface area contributed by atoms with Crippen LogP contribution in [0.3, 0.4) is 0 Å². The molecule has 15 atom stereocenters. The highest BCUT2D eigenvalue weighted by Crippen LogP contribution is 2.40. The molecule has 61 heavy (non-hydrogen) atoms. The highest BCUT2D eigenvalue weighted by atomic mass is 16.7. The quantitative estimate of drug-likeness (QED) is 0.0812. The smallest absolute Gasteiger partial charge is 0.251 e. The van der Waals surface area contributed by atoms with Gasteiger partial charge in [0.1, 0.15) is 54.6 Å². The molecule has 5 fully saturated rings. The molecule has 2 saturated carbocycles. The third-order valence-electron chi connectivity index (χ3n) is 13.5. The largest absolute Gasteiger partial charge is 0.394 e. The average Bonchev–Trinajstić information content (AvgIpc) is 3.22. The van der Waals surface area contributed by atoms with E-state index in [0.29, 0.717) is 51.7 Å². The number of nitrogens with one attached hydrogen (secondary N) is 2. The van der Waals surface area contributed by atoms with Gasteiger partial charge in [-0.05, 0) is 57.3 Å². The Kier molecular flexibility index (Phi) is 19.6. The van der Waals surface area contributed by atoms with E-state index < -0.39 is 98.1 Å². The van der Waals surface area contributed by atoms with Crippen LogP contribution in [-0.4, -0.2) is 160 Å². The number of aliphatic hydroxyl groups is 5. The van der Waals surface area contributed by atoms with Crippen LogP contribution in [-0.2, 0) is 42.9 Å². The summed E-state index contributed by atoms with van der Waals surface area (Å²) in [6.07, 6.45) is -3.51. The minimum absolute atomic E-state index is 0.0326. The van der Waals surface area contributed by atoms with Gasteiger partial charge in [0, 0.05) is 45.3 Å². The molecule has 7 N–H and O–H groups in total. The van der Waals surface area contributed by atoms with E-state index in [9.17, 15) is 44.7 Å². The number of ketones is 1. The van der Waals surface area contributed by atoms with Crippen molar-refractivity contribution in [2.24, 2.45) is 17.8 Å². The molecular formula is C44H75N3O14. The van der Waals surface area contributed by atoms with Crippen LogP contribution < -0.4 is 10.6 Å². The van der Waals surface area contributed by atoms with E-state index in [2.05, 4.69) is 17.6 Å². The maximum Gasteiger partial charge on any atom is 0.251 e. The topological polar surface area (TPSA) is 243 Å². The molecule has 0 radical (unpaired) electrons. The van der Waals surface area contributed by atoms with Crippen LogP contribution in [0, 0.1) is 17.8 Å². The molecule has 0 aromatic carbocycles. The Morgan fingerprint density at radius 2 is 1.56 bits per heavy atom. The number of aliphatic hydroxyl groups excluding tert-OH is 5. The number of amides is 3. The summed E-state index contributed by atoms with van der Waals surface area (Å²) < 4.78 is 32.0. The molecular weight excluding hydrogens is 794 g/mol. The second kappa shape index (κ2) is 24.1. The van der Waals surface area contributed by atoms with Crippen molar-refractivity contribution in [3.63, 3.8) is 0 Å². The van der Waals surface area contributed by atoms with Gasteiger partial charge in [0.2, 0.25) is 11.8 Å². The van der Waals surface area contributed by atoms with Gasteiger partial charge in [0.15, 0.2) is 12.6 Å². The maximum absolute atomic E-state index is 13.9.